The van der Waals surface area contributed by atoms with Gasteiger partial charge in [0.2, 0.25) is 5.69 Å². The van der Waals surface area contributed by atoms with Crippen LogP contribution in [0.2, 0.25) is 0 Å². The number of aryl methyl sites for hydroxylation is 2. The second kappa shape index (κ2) is 9.58. The van der Waals surface area contributed by atoms with Gasteiger partial charge in [-0.25, -0.2) is 4.57 Å². The number of hydrogen-bond acceptors (Lipinski definition) is 1. The Labute approximate surface area is 245 Å². The summed E-state index contributed by atoms with van der Waals surface area (Å²) in [5.74, 6) is 3.25. The number of aromatic nitrogens is 1. The molecular weight excluding hydrogens is 498 g/mol. The van der Waals surface area contributed by atoms with Gasteiger partial charge < -0.3 is 4.74 Å². The van der Waals surface area contributed by atoms with Crippen molar-refractivity contribution >= 4 is 32.3 Å². The number of hydrogen-bond donors (Lipinski definition) is 0. The highest BCUT2D eigenvalue weighted by Gasteiger charge is 2.34. The third kappa shape index (κ3) is 4.33. The maximum atomic E-state index is 7.10. The second-order valence-corrected chi connectivity index (χ2v) is 14.5. The van der Waals surface area contributed by atoms with E-state index in [0.29, 0.717) is 11.8 Å². The molecule has 0 spiro atoms. The predicted octanol–water partition coefficient (Wildman–Crippen LogP) is 10.5. The van der Waals surface area contributed by atoms with Crippen molar-refractivity contribution in [3.05, 3.63) is 77.0 Å². The minimum atomic E-state index is 0.245. The molecule has 0 atom stereocenters. The molecule has 1 aliphatic heterocycles. The van der Waals surface area contributed by atoms with Gasteiger partial charge in [0.05, 0.1) is 10.9 Å². The van der Waals surface area contributed by atoms with Gasteiger partial charge in [-0.05, 0) is 94.2 Å². The first-order chi connectivity index (χ1) is 19.6. The van der Waals surface area contributed by atoms with E-state index in [4.69, 9.17) is 4.74 Å². The van der Waals surface area contributed by atoms with Gasteiger partial charge in [-0.3, -0.25) is 0 Å². The summed E-state index contributed by atoms with van der Waals surface area (Å²) in [5.41, 5.74) is 8.44. The maximum absolute atomic E-state index is 7.10. The van der Waals surface area contributed by atoms with Crippen LogP contribution in [0, 0.1) is 18.3 Å². The highest BCUT2D eigenvalue weighted by atomic mass is 16.5. The lowest BCUT2D eigenvalue weighted by Gasteiger charge is -2.27. The Bertz CT molecular complexity index is 1850. The van der Waals surface area contributed by atoms with Crippen LogP contribution < -0.4 is 9.30 Å². The summed E-state index contributed by atoms with van der Waals surface area (Å²) in [6, 6.07) is 18.8. The minimum Gasteiger partial charge on any atom is -0.455 e. The van der Waals surface area contributed by atoms with Crippen LogP contribution in [0.25, 0.3) is 43.6 Å². The molecule has 7 rings (SSSR count). The number of nitrogens with zero attached hydrogens (tertiary/aromatic N) is 1. The highest BCUT2D eigenvalue weighted by molar-refractivity contribution is 6.17. The van der Waals surface area contributed by atoms with Crippen LogP contribution in [0.4, 0.5) is 0 Å². The predicted molar refractivity (Wildman–Crippen MR) is 173 cm³/mol. The molecule has 1 fully saturated rings. The molecule has 1 aliphatic carbocycles. The fourth-order valence-electron chi connectivity index (χ4n) is 7.88. The van der Waals surface area contributed by atoms with Crippen LogP contribution in [-0.2, 0) is 19.9 Å². The molecule has 4 aromatic carbocycles. The quantitative estimate of drug-likeness (QED) is 0.159. The largest absolute Gasteiger partial charge is 0.455 e. The molecule has 2 heterocycles. The molecule has 0 bridgehead atoms. The van der Waals surface area contributed by atoms with Gasteiger partial charge in [-0.2, -0.15) is 0 Å². The van der Waals surface area contributed by atoms with E-state index in [1.807, 2.05) is 0 Å². The van der Waals surface area contributed by atoms with Crippen molar-refractivity contribution in [3.8, 4) is 22.8 Å². The van der Waals surface area contributed by atoms with E-state index in [0.717, 1.165) is 24.3 Å². The summed E-state index contributed by atoms with van der Waals surface area (Å²) in [7, 11) is 2.21. The second-order valence-electron chi connectivity index (χ2n) is 14.5. The van der Waals surface area contributed by atoms with Crippen molar-refractivity contribution in [2.45, 2.75) is 86.0 Å². The molecule has 41 heavy (non-hydrogen) atoms. The Kier molecular flexibility index (Phi) is 6.19. The SMILES string of the molecule is Cc1c2c(c(CC(C)C)c3ccc(CC(C)(C)C)cc13)Oc1cc3cccc(C4CCCC4)c3c3cc[n+](C)c-2c13. The van der Waals surface area contributed by atoms with Crippen LogP contribution in [0.3, 0.4) is 0 Å². The van der Waals surface area contributed by atoms with E-state index < -0.39 is 0 Å². The smallest absolute Gasteiger partial charge is 0.228 e. The summed E-state index contributed by atoms with van der Waals surface area (Å²) in [5, 5.41) is 8.05. The molecule has 2 nitrogen and oxygen atoms in total. The average molecular weight is 543 g/mol. The summed E-state index contributed by atoms with van der Waals surface area (Å²) in [4.78, 5) is 0. The van der Waals surface area contributed by atoms with Gasteiger partial charge in [-0.15, -0.1) is 0 Å². The lowest BCUT2D eigenvalue weighted by molar-refractivity contribution is -0.659. The van der Waals surface area contributed by atoms with E-state index >= 15 is 0 Å². The fraction of sp³-hybridized carbons (Fsp3) is 0.410. The molecule has 1 aromatic heterocycles. The van der Waals surface area contributed by atoms with E-state index in [-0.39, 0.29) is 5.41 Å². The van der Waals surface area contributed by atoms with Crippen molar-refractivity contribution in [3.63, 3.8) is 0 Å². The summed E-state index contributed by atoms with van der Waals surface area (Å²) in [6.07, 6.45) is 9.63. The van der Waals surface area contributed by atoms with Gasteiger partial charge in [0.1, 0.15) is 18.5 Å². The monoisotopic (exact) mass is 542 g/mol. The molecule has 5 aromatic rings. The van der Waals surface area contributed by atoms with Crippen molar-refractivity contribution in [1.29, 1.82) is 0 Å². The lowest BCUT2D eigenvalue weighted by atomic mass is 9.82. The van der Waals surface area contributed by atoms with E-state index in [2.05, 4.69) is 108 Å². The average Bonchev–Trinajstić information content (AvgIpc) is 3.45. The standard InChI is InChI=1S/C39H44NO/c1-23(2)19-32-29-16-15-25(22-39(4,5)6)20-31(29)24(3)34-37-36-30(17-18-40(37)7)35-27(21-33(36)41-38(32)34)13-10-14-28(35)26-11-8-9-12-26/h10,13-18,20-21,23,26H,8-9,11-12,19,22H2,1-7H3/q+1. The van der Waals surface area contributed by atoms with Crippen LogP contribution in [0.1, 0.15) is 88.5 Å². The maximum Gasteiger partial charge on any atom is 0.228 e. The van der Waals surface area contributed by atoms with Crippen LogP contribution in [0.5, 0.6) is 11.5 Å². The zero-order valence-electron chi connectivity index (χ0n) is 25.9. The van der Waals surface area contributed by atoms with Crippen LogP contribution in [-0.4, -0.2) is 0 Å². The molecule has 0 unspecified atom stereocenters. The van der Waals surface area contributed by atoms with E-state index in [9.17, 15) is 0 Å². The number of benzene rings is 4. The Hall–Kier alpha value is -3.39. The van der Waals surface area contributed by atoms with Gasteiger partial charge in [0.15, 0.2) is 6.20 Å². The Balaban J connectivity index is 1.58. The number of fused-ring (bicyclic) bond motifs is 5. The minimum absolute atomic E-state index is 0.245. The van der Waals surface area contributed by atoms with E-state index in [1.165, 1.54) is 91.5 Å². The molecular formula is C39H44NO+. The van der Waals surface area contributed by atoms with Crippen molar-refractivity contribution in [2.24, 2.45) is 18.4 Å². The molecule has 0 radical (unpaired) electrons. The van der Waals surface area contributed by atoms with Crippen molar-refractivity contribution in [2.75, 3.05) is 0 Å². The Morgan fingerprint density at radius 2 is 1.71 bits per heavy atom. The normalized spacial score (nSPS) is 15.3. The Morgan fingerprint density at radius 1 is 0.927 bits per heavy atom. The topological polar surface area (TPSA) is 13.1 Å². The van der Waals surface area contributed by atoms with Gasteiger partial charge in [-0.1, -0.05) is 83.9 Å². The molecule has 0 amide bonds. The number of rotatable bonds is 4. The zero-order chi connectivity index (χ0) is 28.6. The van der Waals surface area contributed by atoms with E-state index in [1.54, 1.807) is 0 Å². The van der Waals surface area contributed by atoms with Gasteiger partial charge in [0, 0.05) is 17.0 Å². The zero-order valence-corrected chi connectivity index (χ0v) is 25.9. The first-order valence-corrected chi connectivity index (χ1v) is 15.7. The molecule has 0 saturated heterocycles. The number of pyridine rings is 1. The van der Waals surface area contributed by atoms with Gasteiger partial charge >= 0.3 is 0 Å². The summed E-state index contributed by atoms with van der Waals surface area (Å²) in [6.45, 7) is 14.0. The van der Waals surface area contributed by atoms with Gasteiger partial charge in [0.25, 0.3) is 0 Å². The van der Waals surface area contributed by atoms with Crippen molar-refractivity contribution in [1.82, 2.24) is 0 Å². The highest BCUT2D eigenvalue weighted by Crippen LogP contribution is 2.53. The Morgan fingerprint density at radius 3 is 2.44 bits per heavy atom. The molecule has 2 heteroatoms. The lowest BCUT2D eigenvalue weighted by Crippen LogP contribution is -2.32. The van der Waals surface area contributed by atoms with Crippen LogP contribution in [0.15, 0.2) is 54.7 Å². The molecule has 2 aliphatic rings. The summed E-state index contributed by atoms with van der Waals surface area (Å²) >= 11 is 0. The van der Waals surface area contributed by atoms with Crippen molar-refractivity contribution < 1.29 is 9.30 Å². The first-order valence-electron chi connectivity index (χ1n) is 15.7. The molecule has 210 valence electrons. The molecule has 1 saturated carbocycles. The third-order valence-electron chi connectivity index (χ3n) is 9.53. The number of ether oxygens (including phenoxy) is 1. The first kappa shape index (κ1) is 26.5. The molecule has 0 N–H and O–H groups in total. The summed E-state index contributed by atoms with van der Waals surface area (Å²) < 4.78 is 9.44. The third-order valence-corrected chi connectivity index (χ3v) is 9.53. The fourth-order valence-corrected chi connectivity index (χ4v) is 7.88. The van der Waals surface area contributed by atoms with Crippen LogP contribution >= 0.6 is 0 Å².